The summed E-state index contributed by atoms with van der Waals surface area (Å²) >= 11 is 0. The maximum Gasteiger partial charge on any atom is 0.268 e. The summed E-state index contributed by atoms with van der Waals surface area (Å²) in [6.07, 6.45) is 0.445. The Morgan fingerprint density at radius 3 is 2.72 bits per heavy atom. The number of anilines is 1. The number of halogens is 2. The molecular weight excluding hydrogens is 332 g/mol. The van der Waals surface area contributed by atoms with Crippen LogP contribution in [0.4, 0.5) is 14.5 Å². The number of benzene rings is 1. The smallest absolute Gasteiger partial charge is 0.268 e. The lowest BCUT2D eigenvalue weighted by Gasteiger charge is -2.11. The first-order valence-corrected chi connectivity index (χ1v) is 7.68. The van der Waals surface area contributed by atoms with Crippen molar-refractivity contribution in [2.75, 3.05) is 5.32 Å². The Hall–Kier alpha value is -3.03. The van der Waals surface area contributed by atoms with Crippen molar-refractivity contribution in [2.24, 2.45) is 5.16 Å². The molecule has 1 aromatic carbocycles. The van der Waals surface area contributed by atoms with Crippen LogP contribution in [-0.2, 0) is 16.2 Å². The van der Waals surface area contributed by atoms with E-state index < -0.39 is 23.6 Å². The molecule has 0 radical (unpaired) electrons. The van der Waals surface area contributed by atoms with Crippen LogP contribution in [0.1, 0.15) is 18.9 Å². The van der Waals surface area contributed by atoms with Crippen molar-refractivity contribution in [1.82, 2.24) is 4.57 Å². The molecule has 0 fully saturated rings. The van der Waals surface area contributed by atoms with Crippen LogP contribution in [0, 0.1) is 11.6 Å². The van der Waals surface area contributed by atoms with Gasteiger partial charge in [0.1, 0.15) is 11.6 Å². The van der Waals surface area contributed by atoms with E-state index in [0.29, 0.717) is 12.2 Å². The summed E-state index contributed by atoms with van der Waals surface area (Å²) in [5.41, 5.74) is -0.0227. The van der Waals surface area contributed by atoms with E-state index in [-0.39, 0.29) is 23.3 Å². The monoisotopic (exact) mass is 347 g/mol. The molecule has 1 aliphatic rings. The Labute approximate surface area is 141 Å². The normalized spacial score (nSPS) is 16.3. The minimum atomic E-state index is -1.00. The average Bonchev–Trinajstić information content (AvgIpc) is 3.06. The van der Waals surface area contributed by atoms with Gasteiger partial charge in [0, 0.05) is 25.2 Å². The summed E-state index contributed by atoms with van der Waals surface area (Å²) in [6, 6.07) is 6.28. The molecule has 6 nitrogen and oxygen atoms in total. The lowest BCUT2D eigenvalue weighted by atomic mass is 10.0. The Balaban J connectivity index is 1.71. The Kier molecular flexibility index (Phi) is 4.60. The minimum absolute atomic E-state index is 0.0364. The highest BCUT2D eigenvalue weighted by Gasteiger charge is 2.31. The van der Waals surface area contributed by atoms with E-state index in [9.17, 15) is 18.4 Å². The Morgan fingerprint density at radius 2 is 2.04 bits per heavy atom. The molecule has 0 saturated heterocycles. The van der Waals surface area contributed by atoms with Crippen molar-refractivity contribution in [2.45, 2.75) is 26.0 Å². The number of amides is 1. The molecule has 2 aromatic rings. The molecule has 1 aromatic heterocycles. The SMILES string of the molecule is CCn1cc(NC(=O)[C@H]2CC(c3c(F)cccc3F)=NO2)ccc1=O. The lowest BCUT2D eigenvalue weighted by Crippen LogP contribution is -2.29. The summed E-state index contributed by atoms with van der Waals surface area (Å²) in [7, 11) is 0. The standard InChI is InChI=1S/C17H15F2N3O3/c1-2-22-9-10(6-7-15(22)23)20-17(24)14-8-13(21-25-14)16-11(18)4-3-5-12(16)19/h3-7,9,14H,2,8H2,1H3,(H,20,24)/t14-/m1/s1. The zero-order valence-corrected chi connectivity index (χ0v) is 13.3. The number of rotatable bonds is 4. The second-order valence-electron chi connectivity index (χ2n) is 5.46. The number of oxime groups is 1. The van der Waals surface area contributed by atoms with Gasteiger partial charge in [0.05, 0.1) is 17.0 Å². The van der Waals surface area contributed by atoms with Crippen molar-refractivity contribution in [3.05, 3.63) is 64.1 Å². The third kappa shape index (κ3) is 3.42. The number of carbonyl (C=O) groups is 1. The van der Waals surface area contributed by atoms with Crippen LogP contribution >= 0.6 is 0 Å². The molecule has 2 heterocycles. The van der Waals surface area contributed by atoms with E-state index in [1.165, 1.54) is 29.0 Å². The first kappa shape index (κ1) is 16.8. The topological polar surface area (TPSA) is 72.7 Å². The molecule has 0 spiro atoms. The first-order chi connectivity index (χ1) is 12.0. The van der Waals surface area contributed by atoms with Crippen molar-refractivity contribution >= 4 is 17.3 Å². The van der Waals surface area contributed by atoms with Crippen LogP contribution < -0.4 is 10.9 Å². The molecule has 25 heavy (non-hydrogen) atoms. The molecule has 1 aliphatic heterocycles. The first-order valence-electron chi connectivity index (χ1n) is 7.68. The van der Waals surface area contributed by atoms with Gasteiger partial charge in [-0.1, -0.05) is 11.2 Å². The van der Waals surface area contributed by atoms with E-state index in [2.05, 4.69) is 10.5 Å². The van der Waals surface area contributed by atoms with Gasteiger partial charge in [0.2, 0.25) is 6.10 Å². The molecule has 1 amide bonds. The largest absolute Gasteiger partial charge is 0.382 e. The van der Waals surface area contributed by atoms with Crippen molar-refractivity contribution in [3.8, 4) is 0 Å². The Bertz CT molecular complexity index is 888. The summed E-state index contributed by atoms with van der Waals surface area (Å²) in [6.45, 7) is 2.26. The van der Waals surface area contributed by atoms with Gasteiger partial charge < -0.3 is 14.7 Å². The number of nitrogens with zero attached hydrogens (tertiary/aromatic N) is 2. The second-order valence-corrected chi connectivity index (χ2v) is 5.46. The fourth-order valence-electron chi connectivity index (χ4n) is 2.51. The van der Waals surface area contributed by atoms with E-state index in [1.54, 1.807) is 6.92 Å². The van der Waals surface area contributed by atoms with Crippen molar-refractivity contribution in [1.29, 1.82) is 0 Å². The van der Waals surface area contributed by atoms with Crippen molar-refractivity contribution in [3.63, 3.8) is 0 Å². The van der Waals surface area contributed by atoms with Crippen LogP contribution in [0.5, 0.6) is 0 Å². The molecular formula is C17H15F2N3O3. The van der Waals surface area contributed by atoms with Gasteiger partial charge in [-0.05, 0) is 25.1 Å². The number of nitrogens with one attached hydrogen (secondary N) is 1. The Morgan fingerprint density at radius 1 is 1.32 bits per heavy atom. The van der Waals surface area contributed by atoms with E-state index in [1.807, 2.05) is 0 Å². The summed E-state index contributed by atoms with van der Waals surface area (Å²) < 4.78 is 29.0. The van der Waals surface area contributed by atoms with Gasteiger partial charge in [0.25, 0.3) is 11.5 Å². The van der Waals surface area contributed by atoms with Gasteiger partial charge in [-0.2, -0.15) is 0 Å². The highest BCUT2D eigenvalue weighted by atomic mass is 19.1. The van der Waals surface area contributed by atoms with Gasteiger partial charge in [-0.15, -0.1) is 0 Å². The maximum atomic E-state index is 13.8. The molecule has 1 N–H and O–H groups in total. The van der Waals surface area contributed by atoms with Crippen LogP contribution in [0.2, 0.25) is 0 Å². The number of hydrogen-bond donors (Lipinski definition) is 1. The number of aromatic nitrogens is 1. The number of pyridine rings is 1. The van der Waals surface area contributed by atoms with Gasteiger partial charge in [-0.3, -0.25) is 9.59 Å². The summed E-state index contributed by atoms with van der Waals surface area (Å²) in [4.78, 5) is 28.8. The van der Waals surface area contributed by atoms with Gasteiger partial charge >= 0.3 is 0 Å². The van der Waals surface area contributed by atoms with E-state index in [4.69, 9.17) is 4.84 Å². The summed E-state index contributed by atoms with van der Waals surface area (Å²) in [5.74, 6) is -2.05. The molecule has 130 valence electrons. The molecule has 1 atom stereocenters. The molecule has 8 heteroatoms. The molecule has 0 bridgehead atoms. The maximum absolute atomic E-state index is 13.8. The predicted molar refractivity (Wildman–Crippen MR) is 87.4 cm³/mol. The fourth-order valence-corrected chi connectivity index (χ4v) is 2.51. The number of carbonyl (C=O) groups excluding carboxylic acids is 1. The zero-order chi connectivity index (χ0) is 18.0. The molecule has 3 rings (SSSR count). The molecule has 0 saturated carbocycles. The predicted octanol–water partition coefficient (Wildman–Crippen LogP) is 2.28. The molecule has 0 aliphatic carbocycles. The quantitative estimate of drug-likeness (QED) is 0.922. The van der Waals surface area contributed by atoms with Crippen LogP contribution in [0.25, 0.3) is 0 Å². The van der Waals surface area contributed by atoms with Crippen LogP contribution in [0.15, 0.2) is 46.5 Å². The minimum Gasteiger partial charge on any atom is -0.382 e. The van der Waals surface area contributed by atoms with Crippen LogP contribution in [-0.4, -0.2) is 22.3 Å². The summed E-state index contributed by atoms with van der Waals surface area (Å²) in [5, 5.41) is 6.24. The fraction of sp³-hybridized carbons (Fsp3) is 0.235. The third-order valence-electron chi connectivity index (χ3n) is 3.80. The highest BCUT2D eigenvalue weighted by molar-refractivity contribution is 6.06. The lowest BCUT2D eigenvalue weighted by molar-refractivity contribution is -0.125. The second kappa shape index (κ2) is 6.84. The van der Waals surface area contributed by atoms with Gasteiger partial charge in [0.15, 0.2) is 0 Å². The van der Waals surface area contributed by atoms with E-state index >= 15 is 0 Å². The van der Waals surface area contributed by atoms with Gasteiger partial charge in [-0.25, -0.2) is 8.78 Å². The van der Waals surface area contributed by atoms with Crippen LogP contribution in [0.3, 0.4) is 0 Å². The van der Waals surface area contributed by atoms with Crippen molar-refractivity contribution < 1.29 is 18.4 Å². The zero-order valence-electron chi connectivity index (χ0n) is 13.3. The average molecular weight is 347 g/mol. The highest BCUT2D eigenvalue weighted by Crippen LogP contribution is 2.22. The third-order valence-corrected chi connectivity index (χ3v) is 3.80. The van der Waals surface area contributed by atoms with E-state index in [0.717, 1.165) is 12.1 Å². The molecule has 0 unspecified atom stereocenters. The number of hydrogen-bond acceptors (Lipinski definition) is 4. The number of aryl methyl sites for hydroxylation is 1.